The summed E-state index contributed by atoms with van der Waals surface area (Å²) in [6, 6.07) is 9.13. The highest BCUT2D eigenvalue weighted by Crippen LogP contribution is 2.35. The Bertz CT molecular complexity index is 845. The van der Waals surface area contributed by atoms with Crippen molar-refractivity contribution in [3.8, 4) is 11.5 Å². The lowest BCUT2D eigenvalue weighted by atomic mass is 9.82. The normalized spacial score (nSPS) is 12.2. The van der Waals surface area contributed by atoms with E-state index in [1.807, 2.05) is 12.1 Å². The number of methoxy groups -OCH3 is 1. The van der Waals surface area contributed by atoms with Crippen molar-refractivity contribution >= 4 is 34.8 Å². The molecule has 0 bridgehead atoms. The first-order valence-electron chi connectivity index (χ1n) is 9.58. The zero-order valence-corrected chi connectivity index (χ0v) is 20.2. The summed E-state index contributed by atoms with van der Waals surface area (Å²) in [5.74, 6) is 1.22. The standard InChI is InChI=1S/C23H30Cl3NO2/c1-22(2,3)14-23(4,5)27-12-16-10-20(28-6)21(11-18(16)25)29-13-15-7-8-17(24)19(26)9-15/h7-11,27H,12-14H2,1-6H3. The van der Waals surface area contributed by atoms with Gasteiger partial charge in [-0.1, -0.05) is 61.6 Å². The van der Waals surface area contributed by atoms with Crippen LogP contribution in [0.3, 0.4) is 0 Å². The van der Waals surface area contributed by atoms with E-state index in [1.54, 1.807) is 25.3 Å². The Morgan fingerprint density at radius 1 is 0.862 bits per heavy atom. The van der Waals surface area contributed by atoms with Crippen LogP contribution in [0.2, 0.25) is 15.1 Å². The molecule has 1 N–H and O–H groups in total. The van der Waals surface area contributed by atoms with Crippen LogP contribution in [0.25, 0.3) is 0 Å². The summed E-state index contributed by atoms with van der Waals surface area (Å²) in [5, 5.41) is 5.25. The minimum Gasteiger partial charge on any atom is -0.493 e. The summed E-state index contributed by atoms with van der Waals surface area (Å²) in [5.41, 5.74) is 2.09. The van der Waals surface area contributed by atoms with Crippen LogP contribution in [-0.2, 0) is 13.2 Å². The maximum absolute atomic E-state index is 6.53. The Morgan fingerprint density at radius 3 is 2.14 bits per heavy atom. The van der Waals surface area contributed by atoms with E-state index in [2.05, 4.69) is 39.9 Å². The van der Waals surface area contributed by atoms with Crippen molar-refractivity contribution in [3.05, 3.63) is 56.5 Å². The molecule has 0 atom stereocenters. The third-order valence-electron chi connectivity index (χ3n) is 4.44. The summed E-state index contributed by atoms with van der Waals surface area (Å²) in [6.07, 6.45) is 1.04. The number of benzene rings is 2. The van der Waals surface area contributed by atoms with E-state index in [0.29, 0.717) is 39.7 Å². The average Bonchev–Trinajstić information content (AvgIpc) is 2.59. The molecule has 0 aliphatic rings. The Labute approximate surface area is 189 Å². The Kier molecular flexibility index (Phi) is 8.15. The zero-order chi connectivity index (χ0) is 21.8. The summed E-state index contributed by atoms with van der Waals surface area (Å²) in [6.45, 7) is 12.1. The van der Waals surface area contributed by atoms with E-state index in [1.165, 1.54) is 0 Å². The average molecular weight is 459 g/mol. The van der Waals surface area contributed by atoms with E-state index in [-0.39, 0.29) is 11.0 Å². The molecule has 0 spiro atoms. The molecule has 6 heteroatoms. The molecule has 0 aromatic heterocycles. The van der Waals surface area contributed by atoms with Gasteiger partial charge < -0.3 is 14.8 Å². The molecule has 0 aliphatic heterocycles. The third-order valence-corrected chi connectivity index (χ3v) is 5.53. The highest BCUT2D eigenvalue weighted by molar-refractivity contribution is 6.42. The van der Waals surface area contributed by atoms with Gasteiger partial charge in [0.2, 0.25) is 0 Å². The van der Waals surface area contributed by atoms with Crippen molar-refractivity contribution in [1.29, 1.82) is 0 Å². The predicted molar refractivity (Wildman–Crippen MR) is 124 cm³/mol. The molecule has 0 unspecified atom stereocenters. The van der Waals surface area contributed by atoms with Crippen molar-refractivity contribution in [1.82, 2.24) is 5.32 Å². The highest BCUT2D eigenvalue weighted by atomic mass is 35.5. The van der Waals surface area contributed by atoms with Gasteiger partial charge in [-0.3, -0.25) is 0 Å². The number of halogens is 3. The van der Waals surface area contributed by atoms with Crippen LogP contribution in [0.15, 0.2) is 30.3 Å². The highest BCUT2D eigenvalue weighted by Gasteiger charge is 2.25. The summed E-state index contributed by atoms with van der Waals surface area (Å²) < 4.78 is 11.5. The minimum absolute atomic E-state index is 0.0160. The van der Waals surface area contributed by atoms with Crippen molar-refractivity contribution in [2.75, 3.05) is 7.11 Å². The molecule has 3 nitrogen and oxygen atoms in total. The van der Waals surface area contributed by atoms with Crippen LogP contribution in [0, 0.1) is 5.41 Å². The van der Waals surface area contributed by atoms with Gasteiger partial charge in [0.25, 0.3) is 0 Å². The fraction of sp³-hybridized carbons (Fsp3) is 0.478. The topological polar surface area (TPSA) is 30.5 Å². The number of hydrogen-bond acceptors (Lipinski definition) is 3. The molecule has 0 saturated heterocycles. The van der Waals surface area contributed by atoms with Crippen LogP contribution in [-0.4, -0.2) is 12.6 Å². The Hall–Kier alpha value is -1.13. The summed E-state index contributed by atoms with van der Waals surface area (Å²) in [4.78, 5) is 0. The van der Waals surface area contributed by atoms with E-state index in [9.17, 15) is 0 Å². The molecule has 2 aromatic rings. The third kappa shape index (κ3) is 7.57. The second-order valence-electron chi connectivity index (χ2n) is 9.11. The quantitative estimate of drug-likeness (QED) is 0.443. The van der Waals surface area contributed by atoms with Crippen molar-refractivity contribution in [3.63, 3.8) is 0 Å². The maximum atomic E-state index is 6.53. The van der Waals surface area contributed by atoms with Gasteiger partial charge >= 0.3 is 0 Å². The zero-order valence-electron chi connectivity index (χ0n) is 18.0. The van der Waals surface area contributed by atoms with E-state index in [4.69, 9.17) is 44.3 Å². The first-order valence-corrected chi connectivity index (χ1v) is 10.7. The summed E-state index contributed by atoms with van der Waals surface area (Å²) in [7, 11) is 1.62. The SMILES string of the molecule is COc1cc(CNC(C)(C)CC(C)(C)C)c(Cl)cc1OCc1ccc(Cl)c(Cl)c1. The van der Waals surface area contributed by atoms with E-state index in [0.717, 1.165) is 17.5 Å². The van der Waals surface area contributed by atoms with Gasteiger partial charge in [0.15, 0.2) is 11.5 Å². The smallest absolute Gasteiger partial charge is 0.163 e. The van der Waals surface area contributed by atoms with Crippen LogP contribution in [0.5, 0.6) is 11.5 Å². The van der Waals surface area contributed by atoms with Gasteiger partial charge in [-0.15, -0.1) is 0 Å². The number of nitrogens with one attached hydrogen (secondary N) is 1. The monoisotopic (exact) mass is 457 g/mol. The van der Waals surface area contributed by atoms with Crippen molar-refractivity contribution in [2.45, 2.75) is 59.7 Å². The summed E-state index contributed by atoms with van der Waals surface area (Å²) >= 11 is 18.6. The minimum atomic E-state index is -0.0160. The first kappa shape index (κ1) is 24.1. The van der Waals surface area contributed by atoms with Crippen LogP contribution < -0.4 is 14.8 Å². The largest absolute Gasteiger partial charge is 0.493 e. The van der Waals surface area contributed by atoms with Gasteiger partial charge in [-0.25, -0.2) is 0 Å². The van der Waals surface area contributed by atoms with Gasteiger partial charge in [0, 0.05) is 23.2 Å². The number of ether oxygens (including phenoxy) is 2. The van der Waals surface area contributed by atoms with Crippen molar-refractivity contribution < 1.29 is 9.47 Å². The Morgan fingerprint density at radius 2 is 1.55 bits per heavy atom. The van der Waals surface area contributed by atoms with Crippen LogP contribution in [0.4, 0.5) is 0 Å². The second kappa shape index (κ2) is 9.78. The molecule has 2 aromatic carbocycles. The molecule has 0 amide bonds. The van der Waals surface area contributed by atoms with Gasteiger partial charge in [0.1, 0.15) is 6.61 Å². The van der Waals surface area contributed by atoms with Crippen LogP contribution >= 0.6 is 34.8 Å². The second-order valence-corrected chi connectivity index (χ2v) is 10.3. The van der Waals surface area contributed by atoms with E-state index >= 15 is 0 Å². The Balaban J connectivity index is 2.11. The maximum Gasteiger partial charge on any atom is 0.163 e. The van der Waals surface area contributed by atoms with Crippen molar-refractivity contribution in [2.24, 2.45) is 5.41 Å². The fourth-order valence-corrected chi connectivity index (χ4v) is 4.04. The van der Waals surface area contributed by atoms with Gasteiger partial charge in [-0.2, -0.15) is 0 Å². The first-order chi connectivity index (χ1) is 13.4. The molecular formula is C23H30Cl3NO2. The molecule has 0 radical (unpaired) electrons. The van der Waals surface area contributed by atoms with E-state index < -0.39 is 0 Å². The lowest BCUT2D eigenvalue weighted by Gasteiger charge is -2.33. The molecule has 0 saturated carbocycles. The molecule has 0 fully saturated rings. The lowest BCUT2D eigenvalue weighted by Crippen LogP contribution is -2.41. The van der Waals surface area contributed by atoms with Gasteiger partial charge in [0.05, 0.1) is 17.2 Å². The molecule has 0 heterocycles. The molecular weight excluding hydrogens is 429 g/mol. The van der Waals surface area contributed by atoms with Gasteiger partial charge in [-0.05, 0) is 55.0 Å². The number of hydrogen-bond donors (Lipinski definition) is 1. The molecule has 29 heavy (non-hydrogen) atoms. The molecule has 0 aliphatic carbocycles. The molecule has 160 valence electrons. The lowest BCUT2D eigenvalue weighted by molar-refractivity contribution is 0.240. The molecule has 2 rings (SSSR count). The van der Waals surface area contributed by atoms with Crippen LogP contribution in [0.1, 0.15) is 52.2 Å². The fourth-order valence-electron chi connectivity index (χ4n) is 3.50. The number of rotatable bonds is 8. The predicted octanol–water partition coefficient (Wildman–Crippen LogP) is 7.54.